The molecule has 206 valence electrons. The molecule has 1 aliphatic heterocycles. The molecular formula is C26H31F3N4O4S. The second-order valence-electron chi connectivity index (χ2n) is 9.46. The van der Waals surface area contributed by atoms with Crippen LogP contribution < -0.4 is 14.9 Å². The topological polar surface area (TPSA) is 104 Å². The molecule has 0 fully saturated rings. The zero-order valence-electron chi connectivity index (χ0n) is 21.1. The van der Waals surface area contributed by atoms with E-state index < -0.39 is 40.8 Å². The SMILES string of the molecule is CCc1cn2c3c(cc(C(=O)N[C@@H](Cc4ccccc4)[C@H](O)CNCC(F)(F)F)cc13)N(C)S(=O)(=O)CC2. The summed E-state index contributed by atoms with van der Waals surface area (Å²) in [6.45, 7) is 0.606. The third kappa shape index (κ3) is 6.13. The highest BCUT2D eigenvalue weighted by Crippen LogP contribution is 2.35. The van der Waals surface area contributed by atoms with Crippen LogP contribution in [0, 0.1) is 0 Å². The lowest BCUT2D eigenvalue weighted by molar-refractivity contribution is -0.125. The molecule has 0 radical (unpaired) electrons. The minimum atomic E-state index is -4.44. The molecule has 0 saturated heterocycles. The number of rotatable bonds is 9. The average Bonchev–Trinajstić information content (AvgIpc) is 3.19. The maximum absolute atomic E-state index is 13.5. The van der Waals surface area contributed by atoms with E-state index in [2.05, 4.69) is 10.6 Å². The van der Waals surface area contributed by atoms with Gasteiger partial charge in [-0.3, -0.25) is 9.10 Å². The molecule has 0 saturated carbocycles. The molecule has 1 aliphatic rings. The summed E-state index contributed by atoms with van der Waals surface area (Å²) in [4.78, 5) is 13.5. The summed E-state index contributed by atoms with van der Waals surface area (Å²) in [5.41, 5.74) is 3.03. The maximum Gasteiger partial charge on any atom is 0.401 e. The number of alkyl halides is 3. The highest BCUT2D eigenvalue weighted by molar-refractivity contribution is 7.92. The molecule has 1 aromatic heterocycles. The van der Waals surface area contributed by atoms with Crippen molar-refractivity contribution >= 4 is 32.5 Å². The van der Waals surface area contributed by atoms with E-state index in [-0.39, 0.29) is 30.8 Å². The largest absolute Gasteiger partial charge is 0.401 e. The van der Waals surface area contributed by atoms with Crippen LogP contribution in [-0.4, -0.2) is 68.2 Å². The summed E-state index contributed by atoms with van der Waals surface area (Å²) < 4.78 is 66.4. The van der Waals surface area contributed by atoms with E-state index in [9.17, 15) is 31.5 Å². The number of nitrogens with one attached hydrogen (secondary N) is 2. The van der Waals surface area contributed by atoms with Crippen LogP contribution in [-0.2, 0) is 29.4 Å². The monoisotopic (exact) mass is 552 g/mol. The predicted octanol–water partition coefficient (Wildman–Crippen LogP) is 2.84. The number of hydrogen-bond acceptors (Lipinski definition) is 5. The van der Waals surface area contributed by atoms with E-state index in [1.54, 1.807) is 30.3 Å². The third-order valence-electron chi connectivity index (χ3n) is 6.78. The molecule has 8 nitrogen and oxygen atoms in total. The summed E-state index contributed by atoms with van der Waals surface area (Å²) in [7, 11) is -2.15. The number of aliphatic hydroxyl groups excluding tert-OH is 1. The summed E-state index contributed by atoms with van der Waals surface area (Å²) in [6.07, 6.45) is -3.00. The molecule has 3 N–H and O–H groups in total. The number of aryl methyl sites for hydroxylation is 2. The Hall–Kier alpha value is -3.09. The van der Waals surface area contributed by atoms with Crippen LogP contribution in [0.4, 0.5) is 18.9 Å². The molecule has 3 aromatic rings. The van der Waals surface area contributed by atoms with Gasteiger partial charge in [0.2, 0.25) is 10.0 Å². The van der Waals surface area contributed by atoms with Gasteiger partial charge < -0.3 is 20.3 Å². The van der Waals surface area contributed by atoms with Gasteiger partial charge in [-0.2, -0.15) is 13.2 Å². The number of halogens is 3. The Morgan fingerprint density at radius 1 is 1.18 bits per heavy atom. The number of aromatic nitrogens is 1. The van der Waals surface area contributed by atoms with Crippen molar-refractivity contribution in [2.45, 2.75) is 44.6 Å². The quantitative estimate of drug-likeness (QED) is 0.379. The number of hydrogen-bond donors (Lipinski definition) is 3. The van der Waals surface area contributed by atoms with Crippen molar-refractivity contribution < 1.29 is 31.5 Å². The molecule has 2 heterocycles. The van der Waals surface area contributed by atoms with E-state index in [0.29, 0.717) is 12.1 Å². The Labute approximate surface area is 219 Å². The van der Waals surface area contributed by atoms with E-state index in [4.69, 9.17) is 0 Å². The predicted molar refractivity (Wildman–Crippen MR) is 140 cm³/mol. The minimum absolute atomic E-state index is 0.0804. The lowest BCUT2D eigenvalue weighted by atomic mass is 10.00. The smallest absolute Gasteiger partial charge is 0.390 e. The zero-order chi connectivity index (χ0) is 27.7. The van der Waals surface area contributed by atoms with E-state index >= 15 is 0 Å². The van der Waals surface area contributed by atoms with Crippen LogP contribution in [0.5, 0.6) is 0 Å². The summed E-state index contributed by atoms with van der Waals surface area (Å²) in [5, 5.41) is 16.5. The number of benzene rings is 2. The van der Waals surface area contributed by atoms with Gasteiger partial charge in [0.1, 0.15) is 0 Å². The first kappa shape index (κ1) is 27.9. The van der Waals surface area contributed by atoms with Crippen LogP contribution >= 0.6 is 0 Å². The Morgan fingerprint density at radius 3 is 2.55 bits per heavy atom. The van der Waals surface area contributed by atoms with Gasteiger partial charge >= 0.3 is 6.18 Å². The number of anilines is 1. The summed E-state index contributed by atoms with van der Waals surface area (Å²) in [6, 6.07) is 11.3. The van der Waals surface area contributed by atoms with E-state index in [0.717, 1.165) is 22.0 Å². The molecule has 0 unspecified atom stereocenters. The maximum atomic E-state index is 13.5. The van der Waals surface area contributed by atoms with Gasteiger partial charge in [-0.05, 0) is 36.1 Å². The fraction of sp³-hybridized carbons (Fsp3) is 0.423. The van der Waals surface area contributed by atoms with Crippen LogP contribution in [0.25, 0.3) is 10.9 Å². The molecule has 38 heavy (non-hydrogen) atoms. The molecule has 0 bridgehead atoms. The second-order valence-corrected chi connectivity index (χ2v) is 11.6. The highest BCUT2D eigenvalue weighted by Gasteiger charge is 2.30. The molecule has 1 amide bonds. The van der Waals surface area contributed by atoms with Crippen molar-refractivity contribution in [1.29, 1.82) is 0 Å². The Morgan fingerprint density at radius 2 is 1.89 bits per heavy atom. The van der Waals surface area contributed by atoms with Gasteiger partial charge in [0.05, 0.1) is 35.6 Å². The van der Waals surface area contributed by atoms with Crippen LogP contribution in [0.2, 0.25) is 0 Å². The Kier molecular flexibility index (Phi) is 8.05. The Bertz CT molecular complexity index is 1410. The van der Waals surface area contributed by atoms with Crippen molar-refractivity contribution in [3.05, 3.63) is 65.4 Å². The van der Waals surface area contributed by atoms with Crippen molar-refractivity contribution in [2.75, 3.05) is 30.2 Å². The van der Waals surface area contributed by atoms with Gasteiger partial charge in [0.15, 0.2) is 0 Å². The molecule has 2 atom stereocenters. The Balaban J connectivity index is 1.66. The number of sulfonamides is 1. The third-order valence-corrected chi connectivity index (χ3v) is 8.51. The fourth-order valence-electron chi connectivity index (χ4n) is 4.72. The lowest BCUT2D eigenvalue weighted by Gasteiger charge is -2.25. The number of carbonyl (C=O) groups excluding carboxylic acids is 1. The van der Waals surface area contributed by atoms with Gasteiger partial charge in [-0.25, -0.2) is 8.42 Å². The molecule has 0 spiro atoms. The number of amides is 1. The first-order valence-corrected chi connectivity index (χ1v) is 13.9. The average molecular weight is 553 g/mol. The second kappa shape index (κ2) is 11.0. The van der Waals surface area contributed by atoms with Crippen LogP contribution in [0.3, 0.4) is 0 Å². The van der Waals surface area contributed by atoms with E-state index in [1.807, 2.05) is 23.8 Å². The highest BCUT2D eigenvalue weighted by atomic mass is 32.2. The summed E-state index contributed by atoms with van der Waals surface area (Å²) >= 11 is 0. The molecule has 12 heteroatoms. The van der Waals surface area contributed by atoms with Gasteiger partial charge in [0, 0.05) is 37.3 Å². The number of nitrogens with zero attached hydrogens (tertiary/aromatic N) is 2. The van der Waals surface area contributed by atoms with Gasteiger partial charge in [-0.1, -0.05) is 37.3 Å². The van der Waals surface area contributed by atoms with Gasteiger partial charge in [-0.15, -0.1) is 0 Å². The zero-order valence-corrected chi connectivity index (χ0v) is 21.9. The molecule has 4 rings (SSSR count). The standard InChI is InChI=1S/C26H31F3N4O4S/c1-3-18-15-33-9-10-38(36,37)32(2)22-13-19(12-20(18)24(22)33)25(35)31-21(11-17-7-5-4-6-8-17)23(34)14-30-16-26(27,28)29/h4-8,12-13,15,21,23,30,34H,3,9-11,14,16H2,1-2H3,(H,31,35)/t21-,23+/m0/s1. The molecule has 2 aromatic carbocycles. The van der Waals surface area contributed by atoms with Crippen LogP contribution in [0.1, 0.15) is 28.4 Å². The van der Waals surface area contributed by atoms with Gasteiger partial charge in [0.25, 0.3) is 5.91 Å². The summed E-state index contributed by atoms with van der Waals surface area (Å²) in [5.74, 6) is -0.646. The van der Waals surface area contributed by atoms with Crippen molar-refractivity contribution in [3.63, 3.8) is 0 Å². The fourth-order valence-corrected chi connectivity index (χ4v) is 5.86. The first-order chi connectivity index (χ1) is 17.9. The normalized spacial score (nSPS) is 16.7. The van der Waals surface area contributed by atoms with E-state index in [1.165, 1.54) is 17.4 Å². The molecular weight excluding hydrogens is 521 g/mol. The molecule has 0 aliphatic carbocycles. The van der Waals surface area contributed by atoms with Crippen molar-refractivity contribution in [1.82, 2.24) is 15.2 Å². The van der Waals surface area contributed by atoms with Crippen LogP contribution in [0.15, 0.2) is 48.7 Å². The lowest BCUT2D eigenvalue weighted by Crippen LogP contribution is -2.49. The number of carbonyl (C=O) groups is 1. The van der Waals surface area contributed by atoms with Crippen molar-refractivity contribution in [3.8, 4) is 0 Å². The number of aliphatic hydroxyl groups is 1. The van der Waals surface area contributed by atoms with Crippen molar-refractivity contribution in [2.24, 2.45) is 0 Å². The minimum Gasteiger partial charge on any atom is -0.390 e. The first-order valence-electron chi connectivity index (χ1n) is 12.3.